The molecule has 0 atom stereocenters. The fourth-order valence-electron chi connectivity index (χ4n) is 8.77. The zero-order valence-electron chi connectivity index (χ0n) is 50.0. The van der Waals surface area contributed by atoms with Gasteiger partial charge in [0.2, 0.25) is 0 Å². The van der Waals surface area contributed by atoms with E-state index in [1.165, 1.54) is 0 Å². The lowest BCUT2D eigenvalue weighted by Crippen LogP contribution is -2.25. The second-order valence-corrected chi connectivity index (χ2v) is 20.2. The van der Waals surface area contributed by atoms with E-state index in [9.17, 15) is 6.85 Å². The van der Waals surface area contributed by atoms with Crippen molar-refractivity contribution in [2.45, 2.75) is 85.4 Å². The van der Waals surface area contributed by atoms with Gasteiger partial charge in [0.25, 0.3) is 0 Å². The van der Waals surface area contributed by atoms with Crippen LogP contribution in [0.5, 0.6) is 11.5 Å². The fraction of sp³-hybridized carbons (Fsp3) is 0.230. The monoisotopic (exact) mass is 876 g/mol. The molecule has 0 radical (unpaired) electrons. The number of para-hydroxylation sites is 3. The van der Waals surface area contributed by atoms with E-state index in [1.54, 1.807) is 30.5 Å². The Morgan fingerprint density at radius 1 is 0.561 bits per heavy atom. The van der Waals surface area contributed by atoms with E-state index >= 15 is 0 Å². The molecule has 9 aromatic rings. The third-order valence-electron chi connectivity index (χ3n) is 12.3. The van der Waals surface area contributed by atoms with Gasteiger partial charge in [0, 0.05) is 50.0 Å². The molecule has 0 spiro atoms. The minimum atomic E-state index is -2.30. The number of pyridine rings is 1. The second-order valence-electron chi connectivity index (χ2n) is 20.2. The van der Waals surface area contributed by atoms with Gasteiger partial charge in [-0.05, 0) is 112 Å². The van der Waals surface area contributed by atoms with Crippen molar-refractivity contribution >= 4 is 44.6 Å². The Kier molecular flexibility index (Phi) is 7.73. The first-order valence-corrected chi connectivity index (χ1v) is 22.4. The summed E-state index contributed by atoms with van der Waals surface area (Å²) in [6.45, 7) is 16.0. The molecular weight excluding hydrogens is 805 g/mol. The largest absolute Gasteiger partial charge is 0.457 e. The van der Waals surface area contributed by atoms with Gasteiger partial charge >= 0.3 is 0 Å². The molecule has 7 aromatic carbocycles. The van der Waals surface area contributed by atoms with E-state index in [2.05, 4.69) is 31.7 Å². The molecule has 0 fully saturated rings. The molecule has 5 heteroatoms. The molecule has 2 aromatic heterocycles. The van der Waals surface area contributed by atoms with Gasteiger partial charge in [-0.25, -0.2) is 4.98 Å². The topological polar surface area (TPSA) is 33.5 Å². The van der Waals surface area contributed by atoms with E-state index in [-0.39, 0.29) is 59.0 Å². The molecule has 0 amide bonds. The lowest BCUT2D eigenvalue weighted by molar-refractivity contribution is 0.483. The Morgan fingerprint density at radius 2 is 1.23 bits per heavy atom. The molecule has 330 valence electrons. The summed E-state index contributed by atoms with van der Waals surface area (Å²) in [5, 5.41) is 1.61. The number of hydrogen-bond acceptors (Lipinski definition) is 4. The van der Waals surface area contributed by atoms with Crippen LogP contribution in [0.4, 0.5) is 22.7 Å². The number of aryl methyl sites for hydroxylation is 1. The van der Waals surface area contributed by atoms with Crippen LogP contribution in [0, 0.1) is 6.85 Å². The number of fused-ring (bicyclic) bond motifs is 4. The number of hydrogen-bond donors (Lipinski definition) is 0. The van der Waals surface area contributed by atoms with Crippen LogP contribution in [0.15, 0.2) is 170 Å². The van der Waals surface area contributed by atoms with Crippen molar-refractivity contribution in [2.24, 2.45) is 0 Å². The van der Waals surface area contributed by atoms with E-state index in [0.29, 0.717) is 45.3 Å². The van der Waals surface area contributed by atoms with E-state index in [0.717, 1.165) is 44.4 Å². The van der Waals surface area contributed by atoms with Gasteiger partial charge < -0.3 is 14.5 Å². The Bertz CT molecular complexity index is 3810. The maximum atomic E-state index is 9.90. The molecule has 10 rings (SSSR count). The van der Waals surface area contributed by atoms with Crippen molar-refractivity contribution < 1.29 is 19.8 Å². The predicted octanol–water partition coefficient (Wildman–Crippen LogP) is 16.8. The van der Waals surface area contributed by atoms with Crippen LogP contribution in [-0.4, -0.2) is 16.2 Å². The zero-order valence-corrected chi connectivity index (χ0v) is 39.0. The van der Waals surface area contributed by atoms with Crippen molar-refractivity contribution in [3.8, 4) is 39.6 Å². The molecule has 5 nitrogen and oxygen atoms in total. The van der Waals surface area contributed by atoms with Gasteiger partial charge in [-0.3, -0.25) is 4.57 Å². The van der Waals surface area contributed by atoms with Crippen LogP contribution in [0.2, 0.25) is 0 Å². The first-order chi connectivity index (χ1) is 36.1. The summed E-state index contributed by atoms with van der Waals surface area (Å²) in [5.74, 6) is 1.74. The van der Waals surface area contributed by atoms with Crippen LogP contribution in [0.25, 0.3) is 49.9 Å². The third kappa shape index (κ3) is 7.91. The highest BCUT2D eigenvalue weighted by Crippen LogP contribution is 2.51. The minimum Gasteiger partial charge on any atom is -0.457 e. The molecular formula is C61H60N4O. The van der Waals surface area contributed by atoms with E-state index in [1.807, 2.05) is 136 Å². The fourth-order valence-corrected chi connectivity index (χ4v) is 8.77. The third-order valence-corrected chi connectivity index (χ3v) is 12.3. The summed E-state index contributed by atoms with van der Waals surface area (Å²) in [6, 6.07) is 33.7. The summed E-state index contributed by atoms with van der Waals surface area (Å²) in [4.78, 5) is 8.93. The van der Waals surface area contributed by atoms with Crippen molar-refractivity contribution in [2.75, 3.05) is 16.5 Å². The first-order valence-electron chi connectivity index (χ1n) is 27.9. The minimum absolute atomic E-state index is 0.0164. The highest BCUT2D eigenvalue weighted by molar-refractivity contribution is 6.10. The molecule has 0 N–H and O–H groups in total. The Labute approximate surface area is 406 Å². The van der Waals surface area contributed by atoms with Gasteiger partial charge in [-0.2, -0.15) is 0 Å². The number of ether oxygens (including phenoxy) is 1. The van der Waals surface area contributed by atoms with Gasteiger partial charge in [0.15, 0.2) is 0 Å². The number of nitrogens with zero attached hydrogens (tertiary/aromatic N) is 4. The molecule has 0 unspecified atom stereocenters. The highest BCUT2D eigenvalue weighted by Gasteiger charge is 2.32. The highest BCUT2D eigenvalue weighted by atomic mass is 16.5. The Hall–Kier alpha value is -7.11. The van der Waals surface area contributed by atoms with Crippen molar-refractivity contribution in [1.82, 2.24) is 9.55 Å². The maximum Gasteiger partial charge on any atom is 0.137 e. The molecule has 0 saturated carbocycles. The van der Waals surface area contributed by atoms with Crippen molar-refractivity contribution in [1.29, 1.82) is 0 Å². The number of benzene rings is 7. The Morgan fingerprint density at radius 3 is 1.92 bits per heavy atom. The average molecular weight is 876 g/mol. The maximum absolute atomic E-state index is 9.90. The Balaban J connectivity index is 1.13. The van der Waals surface area contributed by atoms with Gasteiger partial charge in [0.05, 0.1) is 39.1 Å². The van der Waals surface area contributed by atoms with Crippen LogP contribution < -0.4 is 14.5 Å². The van der Waals surface area contributed by atoms with Crippen LogP contribution >= 0.6 is 0 Å². The normalized spacial score (nSPS) is 15.7. The average Bonchev–Trinajstić information content (AvgIpc) is 3.92. The molecule has 0 aliphatic carbocycles. The lowest BCUT2D eigenvalue weighted by Gasteiger charge is -2.29. The summed E-state index contributed by atoms with van der Waals surface area (Å²) < 4.78 is 107. The lowest BCUT2D eigenvalue weighted by atomic mass is 9.78. The quantitative estimate of drug-likeness (QED) is 0.160. The van der Waals surface area contributed by atoms with Crippen LogP contribution in [-0.2, 0) is 16.2 Å². The van der Waals surface area contributed by atoms with Gasteiger partial charge in [-0.1, -0.05) is 159 Å². The second kappa shape index (κ2) is 16.1. The van der Waals surface area contributed by atoms with Crippen LogP contribution in [0.1, 0.15) is 99.6 Å². The van der Waals surface area contributed by atoms with Crippen molar-refractivity contribution in [3.05, 3.63) is 192 Å². The molecule has 0 saturated heterocycles. The standard InChI is InChI=1S/C61H60N4O/c1-40-26-29-53-52(32-40)51-28-27-48(38-56(51)65(53)57-36-43(30-31-62-57)59(2,3)4)66-47-21-16-20-46(37-47)63-39-64(55-25-15-14-24-54(55)63)58-49(41-18-12-11-13-19-41)22-17-23-50(58)42-33-44(60(5,6)7)35-45(34-42)61(8,9)10/h11-38H,39H2,1-10H3/i1D3,11D,12D,13D,18D,19D,33D,34D,35D. The molecule has 66 heavy (non-hydrogen) atoms. The summed E-state index contributed by atoms with van der Waals surface area (Å²) in [5.41, 5.74) is 6.08. The molecule has 3 heterocycles. The first kappa shape index (κ1) is 31.7. The summed E-state index contributed by atoms with van der Waals surface area (Å²) in [6.07, 6.45) is 1.80. The van der Waals surface area contributed by atoms with E-state index < -0.39 is 35.8 Å². The number of rotatable bonds is 7. The van der Waals surface area contributed by atoms with Crippen LogP contribution in [0.3, 0.4) is 0 Å². The molecule has 1 aliphatic rings. The van der Waals surface area contributed by atoms with Gasteiger partial charge in [-0.15, -0.1) is 0 Å². The number of aromatic nitrogens is 2. The SMILES string of the molecule is [2H]c1c([2H])c([2H])c(-c2cccc(-c3c([2H])c(C(C)(C)C)c([2H])c(C(C)(C)C)c3[2H])c2N2CN(c3cccc(Oc4ccc5c6cc(C([2H])([2H])[2H])ccc6n(-c6cc(C(C)(C)C)ccn6)c5c4)c3)c3ccccc32)c([2H])c1[2H]. The van der Waals surface area contributed by atoms with Gasteiger partial charge in [0.1, 0.15) is 24.0 Å². The molecule has 1 aliphatic heterocycles. The zero-order chi connectivity index (χ0) is 55.6. The summed E-state index contributed by atoms with van der Waals surface area (Å²) >= 11 is 0. The number of anilines is 4. The summed E-state index contributed by atoms with van der Waals surface area (Å²) in [7, 11) is 0. The predicted molar refractivity (Wildman–Crippen MR) is 279 cm³/mol. The smallest absolute Gasteiger partial charge is 0.137 e. The molecule has 0 bridgehead atoms. The van der Waals surface area contributed by atoms with Crippen molar-refractivity contribution in [3.63, 3.8) is 0 Å². The van der Waals surface area contributed by atoms with E-state index in [4.69, 9.17) is 17.9 Å².